The van der Waals surface area contributed by atoms with Crippen molar-refractivity contribution >= 4 is 69.6 Å². The number of piperazine rings is 1. The van der Waals surface area contributed by atoms with Gasteiger partial charge >= 0.3 is 0 Å². The Kier molecular flexibility index (Phi) is 8.24. The number of hydrogen-bond donors (Lipinski definition) is 0. The maximum Gasteiger partial charge on any atom is 0.274 e. The van der Waals surface area contributed by atoms with Crippen molar-refractivity contribution in [2.75, 3.05) is 39.3 Å². The Morgan fingerprint density at radius 2 is 1.64 bits per heavy atom. The fraction of sp³-hybridized carbons (Fsp3) is 0.312. The van der Waals surface area contributed by atoms with Crippen LogP contribution < -0.4 is 0 Å². The molecular formula is C32H29Cl3N6O2S. The molecular weight excluding hydrogens is 639 g/mol. The standard InChI is InChI=1S/C32H29Cl3N6O2S/c33-22-6-4-20(5-7-22)14-21-2-1-3-25-29(37-41(30(21)25)28-9-8-23(34)15-26(28)35)32(43)40-16-24(17-40)38-10-12-39(13-11-38)31(42)27-18-44-19-36-27/h4-9,14-15,18-19,24H,1-3,10-13,16-17H2. The lowest BCUT2D eigenvalue weighted by molar-refractivity contribution is 0.00806. The maximum atomic E-state index is 14.0. The summed E-state index contributed by atoms with van der Waals surface area (Å²) in [5.41, 5.74) is 7.34. The lowest BCUT2D eigenvalue weighted by atomic mass is 9.89. The predicted octanol–water partition coefficient (Wildman–Crippen LogP) is 6.45. The first kappa shape index (κ1) is 29.5. The molecule has 0 spiro atoms. The highest BCUT2D eigenvalue weighted by Crippen LogP contribution is 2.38. The molecule has 8 nitrogen and oxygen atoms in total. The van der Waals surface area contributed by atoms with Crippen LogP contribution in [0.4, 0.5) is 0 Å². The average molecular weight is 668 g/mol. The van der Waals surface area contributed by atoms with E-state index in [1.54, 1.807) is 23.0 Å². The van der Waals surface area contributed by atoms with Crippen molar-refractivity contribution in [2.24, 2.45) is 0 Å². The highest BCUT2D eigenvalue weighted by Gasteiger charge is 2.40. The van der Waals surface area contributed by atoms with Gasteiger partial charge in [-0.05, 0) is 66.8 Å². The molecule has 0 radical (unpaired) electrons. The van der Waals surface area contributed by atoms with Crippen LogP contribution in [0.2, 0.25) is 15.1 Å². The molecule has 2 aromatic carbocycles. The molecule has 226 valence electrons. The topological polar surface area (TPSA) is 74.6 Å². The zero-order valence-electron chi connectivity index (χ0n) is 23.8. The molecule has 7 rings (SSSR count). The Morgan fingerprint density at radius 3 is 2.34 bits per heavy atom. The number of benzene rings is 2. The van der Waals surface area contributed by atoms with Crippen molar-refractivity contribution in [2.45, 2.75) is 25.3 Å². The molecule has 0 saturated carbocycles. The summed E-state index contributed by atoms with van der Waals surface area (Å²) in [5.74, 6) is -0.0756. The van der Waals surface area contributed by atoms with E-state index in [1.807, 2.05) is 44.8 Å². The minimum absolute atomic E-state index is 0.0121. The van der Waals surface area contributed by atoms with Gasteiger partial charge in [0.2, 0.25) is 0 Å². The number of carbonyl (C=O) groups excluding carboxylic acids is 2. The van der Waals surface area contributed by atoms with Crippen LogP contribution in [0.25, 0.3) is 17.3 Å². The number of halogens is 3. The molecule has 4 heterocycles. The number of likely N-dealkylation sites (tertiary alicyclic amines) is 1. The van der Waals surface area contributed by atoms with Gasteiger partial charge in [0.05, 0.1) is 21.9 Å². The number of amides is 2. The first-order valence-electron chi connectivity index (χ1n) is 14.6. The van der Waals surface area contributed by atoms with Gasteiger partial charge in [0.25, 0.3) is 11.8 Å². The lowest BCUT2D eigenvalue weighted by Crippen LogP contribution is -2.64. The Bertz CT molecular complexity index is 1740. The summed E-state index contributed by atoms with van der Waals surface area (Å²) < 4.78 is 1.82. The Balaban J connectivity index is 1.12. The van der Waals surface area contributed by atoms with Gasteiger partial charge in [-0.15, -0.1) is 11.3 Å². The van der Waals surface area contributed by atoms with Crippen LogP contribution in [0.3, 0.4) is 0 Å². The predicted molar refractivity (Wildman–Crippen MR) is 175 cm³/mol. The van der Waals surface area contributed by atoms with Crippen LogP contribution in [0.1, 0.15) is 50.6 Å². The van der Waals surface area contributed by atoms with Crippen molar-refractivity contribution in [1.82, 2.24) is 29.5 Å². The number of fused-ring (bicyclic) bond motifs is 1. The van der Waals surface area contributed by atoms with Crippen molar-refractivity contribution < 1.29 is 9.59 Å². The van der Waals surface area contributed by atoms with E-state index in [2.05, 4.69) is 16.0 Å². The van der Waals surface area contributed by atoms with E-state index >= 15 is 0 Å². The van der Waals surface area contributed by atoms with Gasteiger partial charge in [-0.3, -0.25) is 14.5 Å². The lowest BCUT2D eigenvalue weighted by Gasteiger charge is -2.47. The number of thiazole rings is 1. The summed E-state index contributed by atoms with van der Waals surface area (Å²) in [6, 6.07) is 13.3. The molecule has 0 atom stereocenters. The van der Waals surface area contributed by atoms with Crippen molar-refractivity contribution in [3.05, 3.63) is 96.6 Å². The number of rotatable bonds is 5. The van der Waals surface area contributed by atoms with E-state index in [1.165, 1.54) is 11.3 Å². The third-order valence-corrected chi connectivity index (χ3v) is 10.0. The molecule has 1 aliphatic carbocycles. The van der Waals surface area contributed by atoms with Crippen LogP contribution in [0, 0.1) is 0 Å². The van der Waals surface area contributed by atoms with Crippen molar-refractivity contribution in [3.8, 4) is 5.69 Å². The van der Waals surface area contributed by atoms with Gasteiger partial charge in [-0.1, -0.05) is 46.9 Å². The summed E-state index contributed by atoms with van der Waals surface area (Å²) in [6.07, 6.45) is 4.66. The summed E-state index contributed by atoms with van der Waals surface area (Å²) >= 11 is 20.5. The fourth-order valence-corrected chi connectivity index (χ4v) is 7.40. The molecule has 44 heavy (non-hydrogen) atoms. The molecule has 2 fully saturated rings. The van der Waals surface area contributed by atoms with Crippen LogP contribution in [-0.2, 0) is 6.42 Å². The first-order chi connectivity index (χ1) is 21.4. The Labute approximate surface area is 274 Å². The van der Waals surface area contributed by atoms with Crippen molar-refractivity contribution in [1.29, 1.82) is 0 Å². The fourth-order valence-electron chi connectivity index (χ4n) is 6.26. The average Bonchev–Trinajstić information content (AvgIpc) is 3.67. The highest BCUT2D eigenvalue weighted by molar-refractivity contribution is 7.07. The molecule has 2 amide bonds. The van der Waals surface area contributed by atoms with Crippen LogP contribution in [0.5, 0.6) is 0 Å². The second kappa shape index (κ2) is 12.3. The summed E-state index contributed by atoms with van der Waals surface area (Å²) in [5, 5.41) is 8.40. The number of carbonyl (C=O) groups is 2. The molecule has 0 unspecified atom stereocenters. The van der Waals surface area contributed by atoms with Crippen LogP contribution in [-0.4, -0.2) is 86.6 Å². The van der Waals surface area contributed by atoms with Gasteiger partial charge in [-0.25, -0.2) is 9.67 Å². The van der Waals surface area contributed by atoms with Crippen LogP contribution >= 0.6 is 46.1 Å². The van der Waals surface area contributed by atoms with E-state index in [4.69, 9.17) is 39.9 Å². The summed E-state index contributed by atoms with van der Waals surface area (Å²) in [4.78, 5) is 36.9. The number of hydrogen-bond acceptors (Lipinski definition) is 6. The Morgan fingerprint density at radius 1 is 0.886 bits per heavy atom. The molecule has 3 aliphatic rings. The van der Waals surface area contributed by atoms with E-state index in [0.717, 1.165) is 54.7 Å². The number of allylic oxidation sites excluding steroid dienone is 1. The molecule has 2 aliphatic heterocycles. The number of nitrogens with zero attached hydrogens (tertiary/aromatic N) is 6. The van der Waals surface area contributed by atoms with Gasteiger partial charge in [-0.2, -0.15) is 5.10 Å². The molecule has 0 N–H and O–H groups in total. The van der Waals surface area contributed by atoms with Gasteiger partial charge < -0.3 is 9.80 Å². The molecule has 4 aromatic rings. The largest absolute Gasteiger partial charge is 0.335 e. The maximum absolute atomic E-state index is 14.0. The molecule has 2 saturated heterocycles. The summed E-state index contributed by atoms with van der Waals surface area (Å²) in [6.45, 7) is 4.14. The second-order valence-corrected chi connectivity index (χ2v) is 13.3. The molecule has 2 aromatic heterocycles. The second-order valence-electron chi connectivity index (χ2n) is 11.3. The normalized spacial score (nSPS) is 18.4. The number of aromatic nitrogens is 3. The van der Waals surface area contributed by atoms with Crippen LogP contribution in [0.15, 0.2) is 53.4 Å². The van der Waals surface area contributed by atoms with E-state index in [9.17, 15) is 9.59 Å². The Hall–Kier alpha value is -3.21. The van der Waals surface area contributed by atoms with Crippen molar-refractivity contribution in [3.63, 3.8) is 0 Å². The van der Waals surface area contributed by atoms with Gasteiger partial charge in [0.1, 0.15) is 5.69 Å². The zero-order valence-corrected chi connectivity index (χ0v) is 26.8. The monoisotopic (exact) mass is 666 g/mol. The zero-order chi connectivity index (χ0) is 30.4. The van der Waals surface area contributed by atoms with Gasteiger partial charge in [0, 0.05) is 66.3 Å². The minimum Gasteiger partial charge on any atom is -0.335 e. The third-order valence-electron chi connectivity index (χ3n) is 8.63. The van der Waals surface area contributed by atoms with E-state index in [-0.39, 0.29) is 17.9 Å². The highest BCUT2D eigenvalue weighted by atomic mass is 35.5. The van der Waals surface area contributed by atoms with E-state index < -0.39 is 0 Å². The SMILES string of the molecule is O=C(c1cscn1)N1CCN(C2CN(C(=O)c3nn(-c4ccc(Cl)cc4Cl)c4c3CCCC4=Cc3ccc(Cl)cc3)C2)CC1. The third kappa shape index (κ3) is 5.68. The molecule has 12 heteroatoms. The van der Waals surface area contributed by atoms with Gasteiger partial charge in [0.15, 0.2) is 5.69 Å². The smallest absolute Gasteiger partial charge is 0.274 e. The summed E-state index contributed by atoms with van der Waals surface area (Å²) in [7, 11) is 0. The molecule has 0 bridgehead atoms. The van der Waals surface area contributed by atoms with E-state index in [0.29, 0.717) is 58.3 Å². The minimum atomic E-state index is -0.0635. The quantitative estimate of drug-likeness (QED) is 0.245. The first-order valence-corrected chi connectivity index (χ1v) is 16.7.